The van der Waals surface area contributed by atoms with Gasteiger partial charge in [0.2, 0.25) is 5.91 Å². The Morgan fingerprint density at radius 2 is 2.04 bits per heavy atom. The molecule has 0 radical (unpaired) electrons. The second kappa shape index (κ2) is 10.8. The summed E-state index contributed by atoms with van der Waals surface area (Å²) in [6.45, 7) is 3.44. The van der Waals surface area contributed by atoms with Gasteiger partial charge in [0.1, 0.15) is 12.2 Å². The van der Waals surface area contributed by atoms with E-state index >= 15 is 0 Å². The van der Waals surface area contributed by atoms with Gasteiger partial charge in [0.15, 0.2) is 6.29 Å². The van der Waals surface area contributed by atoms with Gasteiger partial charge in [-0.15, -0.1) is 0 Å². The van der Waals surface area contributed by atoms with Gasteiger partial charge >= 0.3 is 0 Å². The Balaban J connectivity index is 2.11. The molecule has 0 aromatic heterocycles. The lowest BCUT2D eigenvalue weighted by atomic mass is 9.83. The molecule has 1 amide bonds. The van der Waals surface area contributed by atoms with Crippen LogP contribution in [0.2, 0.25) is 0 Å². The molecule has 1 saturated carbocycles. The smallest absolute Gasteiger partial charge is 0.236 e. The molecule has 0 bridgehead atoms. The Bertz CT molecular complexity index is 497. The van der Waals surface area contributed by atoms with Gasteiger partial charge in [-0.05, 0) is 25.8 Å². The van der Waals surface area contributed by atoms with Crippen molar-refractivity contribution in [3.63, 3.8) is 0 Å². The van der Waals surface area contributed by atoms with E-state index in [-0.39, 0.29) is 24.6 Å². The van der Waals surface area contributed by atoms with Crippen LogP contribution in [0.1, 0.15) is 26.2 Å². The molecule has 1 aliphatic carbocycles. The van der Waals surface area contributed by atoms with Crippen LogP contribution in [0.5, 0.6) is 0 Å². The number of nitrogens with one attached hydrogen (secondary N) is 1. The van der Waals surface area contributed by atoms with Gasteiger partial charge in [0.25, 0.3) is 0 Å². The summed E-state index contributed by atoms with van der Waals surface area (Å²) in [4.78, 5) is 13.5. The van der Waals surface area contributed by atoms with Gasteiger partial charge in [0.05, 0.1) is 30.8 Å². The number of aliphatic hydroxyl groups is 1. The molecule has 8 atom stereocenters. The second-order valence-corrected chi connectivity index (χ2v) is 7.64. The van der Waals surface area contributed by atoms with E-state index in [9.17, 15) is 9.90 Å². The number of nitrogens with zero attached hydrogens (tertiary/aromatic N) is 1. The van der Waals surface area contributed by atoms with Gasteiger partial charge < -0.3 is 46.7 Å². The molecular weight excluding hydrogens is 366 g/mol. The molecular formula is C18H37N5O5. The standard InChI is InChI=1S/C18H37N5O5/c1-4-22-9-10-5-6-11(20)18(27-10)28-17-12(21)7-13(26-3)15(16(17)25)23(2)14(24)8-19/h10-13,15-18,22,25H,4-9,19-21H2,1-3H3. The van der Waals surface area contributed by atoms with Crippen molar-refractivity contribution in [3.8, 4) is 0 Å². The molecule has 0 aromatic carbocycles. The third-order valence-electron chi connectivity index (χ3n) is 5.72. The third kappa shape index (κ3) is 5.39. The van der Waals surface area contributed by atoms with Gasteiger partial charge in [-0.25, -0.2) is 0 Å². The average molecular weight is 404 g/mol. The van der Waals surface area contributed by atoms with Gasteiger partial charge in [-0.2, -0.15) is 0 Å². The molecule has 1 saturated heterocycles. The SMILES string of the molecule is CCNCC1CCC(N)C(OC2C(N)CC(OC)C(N(C)C(=O)CN)C2O)O1. The summed E-state index contributed by atoms with van der Waals surface area (Å²) in [6, 6.07) is -1.41. The van der Waals surface area contributed by atoms with Crippen LogP contribution in [0.15, 0.2) is 0 Å². The van der Waals surface area contributed by atoms with Gasteiger partial charge in [-0.3, -0.25) is 4.79 Å². The van der Waals surface area contributed by atoms with Crippen molar-refractivity contribution < 1.29 is 24.1 Å². The largest absolute Gasteiger partial charge is 0.388 e. The number of hydrogen-bond acceptors (Lipinski definition) is 9. The third-order valence-corrected chi connectivity index (χ3v) is 5.72. The van der Waals surface area contributed by atoms with Crippen molar-refractivity contribution in [3.05, 3.63) is 0 Å². The van der Waals surface area contributed by atoms with Crippen LogP contribution in [0.25, 0.3) is 0 Å². The highest BCUT2D eigenvalue weighted by atomic mass is 16.7. The van der Waals surface area contributed by atoms with Crippen LogP contribution in [0.3, 0.4) is 0 Å². The lowest BCUT2D eigenvalue weighted by Gasteiger charge is -2.48. The number of amides is 1. The highest BCUT2D eigenvalue weighted by Crippen LogP contribution is 2.30. The number of aliphatic hydroxyl groups excluding tert-OH is 1. The molecule has 2 rings (SSSR count). The summed E-state index contributed by atoms with van der Waals surface area (Å²) in [7, 11) is 3.13. The minimum atomic E-state index is -1.06. The highest BCUT2D eigenvalue weighted by molar-refractivity contribution is 5.78. The molecule has 2 aliphatic rings. The molecule has 8 N–H and O–H groups in total. The van der Waals surface area contributed by atoms with Crippen LogP contribution in [0, 0.1) is 0 Å². The van der Waals surface area contributed by atoms with E-state index in [0.29, 0.717) is 13.0 Å². The highest BCUT2D eigenvalue weighted by Gasteiger charge is 2.48. The Kier molecular flexibility index (Phi) is 9.03. The lowest BCUT2D eigenvalue weighted by Crippen LogP contribution is -2.67. The minimum absolute atomic E-state index is 0.00859. The first-order valence-corrected chi connectivity index (χ1v) is 10.0. The fourth-order valence-electron chi connectivity index (χ4n) is 4.03. The maximum absolute atomic E-state index is 12.1. The fourth-order valence-corrected chi connectivity index (χ4v) is 4.03. The van der Waals surface area contributed by atoms with E-state index in [0.717, 1.165) is 19.4 Å². The summed E-state index contributed by atoms with van der Waals surface area (Å²) in [5.74, 6) is -0.295. The van der Waals surface area contributed by atoms with Gasteiger partial charge in [0, 0.05) is 26.7 Å². The Morgan fingerprint density at radius 1 is 1.32 bits per heavy atom. The topological polar surface area (TPSA) is 158 Å². The maximum atomic E-state index is 12.1. The molecule has 1 aliphatic heterocycles. The predicted molar refractivity (Wildman–Crippen MR) is 104 cm³/mol. The van der Waals surface area contributed by atoms with E-state index in [1.807, 2.05) is 6.92 Å². The summed E-state index contributed by atoms with van der Waals surface area (Å²) in [6.07, 6.45) is -0.869. The number of methoxy groups -OCH3 is 1. The number of carbonyl (C=O) groups is 1. The zero-order valence-electron chi connectivity index (χ0n) is 17.1. The zero-order valence-corrected chi connectivity index (χ0v) is 17.1. The van der Waals surface area contributed by atoms with Gasteiger partial charge in [-0.1, -0.05) is 6.92 Å². The average Bonchev–Trinajstić information content (AvgIpc) is 2.69. The molecule has 10 heteroatoms. The van der Waals surface area contributed by atoms with Crippen LogP contribution in [-0.4, -0.2) is 98.5 Å². The molecule has 164 valence electrons. The summed E-state index contributed by atoms with van der Waals surface area (Å²) >= 11 is 0. The summed E-state index contributed by atoms with van der Waals surface area (Å²) in [5.41, 5.74) is 18.0. The van der Waals surface area contributed by atoms with Crippen LogP contribution >= 0.6 is 0 Å². The Morgan fingerprint density at radius 3 is 2.64 bits per heavy atom. The number of ether oxygens (including phenoxy) is 3. The zero-order chi connectivity index (χ0) is 20.8. The van der Waals surface area contributed by atoms with Crippen molar-refractivity contribution in [1.82, 2.24) is 10.2 Å². The molecule has 2 fully saturated rings. The van der Waals surface area contributed by atoms with E-state index in [1.165, 1.54) is 12.0 Å². The molecule has 28 heavy (non-hydrogen) atoms. The molecule has 0 aromatic rings. The van der Waals surface area contributed by atoms with Crippen molar-refractivity contribution in [2.75, 3.05) is 33.8 Å². The van der Waals surface area contributed by atoms with E-state index in [2.05, 4.69) is 5.32 Å². The first kappa shape index (κ1) is 23.4. The number of hydrogen-bond donors (Lipinski definition) is 5. The van der Waals surface area contributed by atoms with E-state index in [1.54, 1.807) is 7.05 Å². The van der Waals surface area contributed by atoms with Crippen molar-refractivity contribution in [1.29, 1.82) is 0 Å². The van der Waals surface area contributed by atoms with Crippen LogP contribution in [-0.2, 0) is 19.0 Å². The first-order chi connectivity index (χ1) is 13.3. The van der Waals surface area contributed by atoms with Crippen molar-refractivity contribution in [2.45, 2.75) is 75.0 Å². The number of carbonyl (C=O) groups excluding carboxylic acids is 1. The Labute approximate surface area is 167 Å². The summed E-state index contributed by atoms with van der Waals surface area (Å²) < 4.78 is 17.6. The van der Waals surface area contributed by atoms with Crippen molar-refractivity contribution in [2.24, 2.45) is 17.2 Å². The molecule has 0 spiro atoms. The van der Waals surface area contributed by atoms with Crippen LogP contribution in [0.4, 0.5) is 0 Å². The van der Waals surface area contributed by atoms with Crippen LogP contribution < -0.4 is 22.5 Å². The number of nitrogens with two attached hydrogens (primary N) is 3. The quantitative estimate of drug-likeness (QED) is 0.301. The molecule has 10 nitrogen and oxygen atoms in total. The monoisotopic (exact) mass is 403 g/mol. The lowest BCUT2D eigenvalue weighted by molar-refractivity contribution is -0.254. The minimum Gasteiger partial charge on any atom is -0.388 e. The van der Waals surface area contributed by atoms with Crippen molar-refractivity contribution >= 4 is 5.91 Å². The van der Waals surface area contributed by atoms with E-state index < -0.39 is 36.7 Å². The predicted octanol–water partition coefficient (Wildman–Crippen LogP) is -2.29. The first-order valence-electron chi connectivity index (χ1n) is 10.0. The number of likely N-dealkylation sites (N-methyl/N-ethyl adjacent to an activating group) is 2. The van der Waals surface area contributed by atoms with E-state index in [4.69, 9.17) is 31.4 Å². The fraction of sp³-hybridized carbons (Fsp3) is 0.944. The summed E-state index contributed by atoms with van der Waals surface area (Å²) in [5, 5.41) is 14.3. The normalized spacial score (nSPS) is 39.0. The molecule has 8 unspecified atom stereocenters. The maximum Gasteiger partial charge on any atom is 0.236 e. The Hall–Kier alpha value is -0.850. The molecule has 1 heterocycles. The number of rotatable bonds is 8. The second-order valence-electron chi connectivity index (χ2n) is 7.64.